The Morgan fingerprint density at radius 1 is 0.588 bits per heavy atom. The minimum Gasteiger partial charge on any atom is -0.394 e. The second kappa shape index (κ2) is 11.2. The number of hydrogen-bond acceptors (Lipinski definition) is 16. The van der Waals surface area contributed by atoms with Crippen LogP contribution in [0.3, 0.4) is 0 Å². The molecule has 3 aliphatic heterocycles. The predicted octanol–water partition coefficient (Wildman–Crippen LogP) is -7.57. The fourth-order valence-corrected chi connectivity index (χ4v) is 4.10. The van der Waals surface area contributed by atoms with E-state index in [1.54, 1.807) is 0 Å². The van der Waals surface area contributed by atoms with Gasteiger partial charge in [0.2, 0.25) is 5.79 Å². The Kier molecular flexibility index (Phi) is 9.18. The molecule has 0 aromatic carbocycles. The van der Waals surface area contributed by atoms with E-state index in [1.807, 2.05) is 0 Å². The highest BCUT2D eigenvalue weighted by Crippen LogP contribution is 2.37. The van der Waals surface area contributed by atoms with Crippen molar-refractivity contribution in [1.82, 2.24) is 0 Å². The van der Waals surface area contributed by atoms with Crippen molar-refractivity contribution in [3.63, 3.8) is 0 Å². The van der Waals surface area contributed by atoms with E-state index in [9.17, 15) is 56.2 Å². The van der Waals surface area contributed by atoms with Crippen LogP contribution in [0.25, 0.3) is 0 Å². The zero-order chi connectivity index (χ0) is 25.4. The largest absolute Gasteiger partial charge is 0.394 e. The van der Waals surface area contributed by atoms with E-state index in [1.165, 1.54) is 0 Å². The molecule has 0 saturated carbocycles. The Bertz CT molecular complexity index is 653. The van der Waals surface area contributed by atoms with Crippen LogP contribution >= 0.6 is 0 Å². The van der Waals surface area contributed by atoms with Crippen LogP contribution < -0.4 is 0 Å². The van der Waals surface area contributed by atoms with Gasteiger partial charge in [-0.05, 0) is 0 Å². The summed E-state index contributed by atoms with van der Waals surface area (Å²) in [6, 6.07) is 0. The third-order valence-corrected chi connectivity index (χ3v) is 6.19. The fourth-order valence-electron chi connectivity index (χ4n) is 4.10. The van der Waals surface area contributed by atoms with Gasteiger partial charge < -0.3 is 79.9 Å². The van der Waals surface area contributed by atoms with Gasteiger partial charge in [0.25, 0.3) is 0 Å². The lowest BCUT2D eigenvalue weighted by Gasteiger charge is -2.47. The molecule has 0 aromatic rings. The number of aliphatic hydroxyl groups excluding tert-OH is 11. The second-order valence-corrected chi connectivity index (χ2v) is 8.37. The van der Waals surface area contributed by atoms with Crippen LogP contribution in [0.5, 0.6) is 0 Å². The lowest BCUT2D eigenvalue weighted by Crippen LogP contribution is -2.66. The summed E-state index contributed by atoms with van der Waals surface area (Å²) >= 11 is 0. The molecule has 0 aliphatic carbocycles. The number of hydrogen-bond donors (Lipinski definition) is 11. The highest BCUT2D eigenvalue weighted by molar-refractivity contribution is 4.99. The van der Waals surface area contributed by atoms with Gasteiger partial charge in [-0.3, -0.25) is 0 Å². The van der Waals surface area contributed by atoms with Crippen molar-refractivity contribution in [3.05, 3.63) is 0 Å². The van der Waals surface area contributed by atoms with E-state index in [0.717, 1.165) is 0 Å². The van der Waals surface area contributed by atoms with Crippen molar-refractivity contribution < 1.29 is 79.9 Å². The molecule has 0 bridgehead atoms. The maximum atomic E-state index is 10.6. The Morgan fingerprint density at radius 2 is 1.12 bits per heavy atom. The first kappa shape index (κ1) is 27.9. The van der Waals surface area contributed by atoms with E-state index in [-0.39, 0.29) is 0 Å². The van der Waals surface area contributed by atoms with Gasteiger partial charge in [-0.1, -0.05) is 0 Å². The summed E-state index contributed by atoms with van der Waals surface area (Å²) in [5.74, 6) is -2.41. The lowest BCUT2D eigenvalue weighted by molar-refractivity contribution is -0.408. The van der Waals surface area contributed by atoms with Crippen LogP contribution in [0.2, 0.25) is 0 Å². The average Bonchev–Trinajstić information content (AvgIpc) is 3.08. The molecule has 3 heterocycles. The maximum absolute atomic E-state index is 10.6. The molecule has 200 valence electrons. The highest BCUT2D eigenvalue weighted by atomic mass is 16.8. The van der Waals surface area contributed by atoms with Gasteiger partial charge >= 0.3 is 0 Å². The van der Waals surface area contributed by atoms with Gasteiger partial charge in [0.1, 0.15) is 73.8 Å². The van der Waals surface area contributed by atoms with Crippen LogP contribution in [-0.4, -0.2) is 168 Å². The van der Waals surface area contributed by atoms with Gasteiger partial charge in [0.05, 0.1) is 19.8 Å². The molecule has 34 heavy (non-hydrogen) atoms. The van der Waals surface area contributed by atoms with E-state index in [0.29, 0.717) is 0 Å². The van der Waals surface area contributed by atoms with Crippen LogP contribution in [0.1, 0.15) is 0 Å². The first-order chi connectivity index (χ1) is 16.0. The zero-order valence-electron chi connectivity index (χ0n) is 17.8. The number of aliphatic hydroxyl groups is 11. The van der Waals surface area contributed by atoms with Crippen LogP contribution in [0.15, 0.2) is 0 Å². The summed E-state index contributed by atoms with van der Waals surface area (Å²) in [6.45, 7) is -3.45. The average molecular weight is 504 g/mol. The molecule has 16 heteroatoms. The summed E-state index contributed by atoms with van der Waals surface area (Å²) in [5.41, 5.74) is 0. The molecule has 14 atom stereocenters. The second-order valence-electron chi connectivity index (χ2n) is 8.37. The van der Waals surface area contributed by atoms with Gasteiger partial charge in [0, 0.05) is 0 Å². The van der Waals surface area contributed by atoms with E-state index >= 15 is 0 Å². The quantitative estimate of drug-likeness (QED) is 0.146. The third kappa shape index (κ3) is 4.96. The third-order valence-electron chi connectivity index (χ3n) is 6.19. The van der Waals surface area contributed by atoms with Crippen LogP contribution in [-0.2, 0) is 23.7 Å². The molecule has 11 N–H and O–H groups in total. The minimum atomic E-state index is -2.41. The van der Waals surface area contributed by atoms with Gasteiger partial charge in [-0.2, -0.15) is 0 Å². The summed E-state index contributed by atoms with van der Waals surface area (Å²) in [4.78, 5) is 0. The molecule has 16 nitrogen and oxygen atoms in total. The minimum absolute atomic E-state index is 0.764. The Labute approximate surface area is 192 Å². The highest BCUT2D eigenvalue weighted by Gasteiger charge is 2.59. The molecular weight excluding hydrogens is 472 g/mol. The summed E-state index contributed by atoms with van der Waals surface area (Å²) in [5, 5.41) is 109. The first-order valence-corrected chi connectivity index (χ1v) is 10.6. The number of ether oxygens (including phenoxy) is 5. The van der Waals surface area contributed by atoms with E-state index in [2.05, 4.69) is 0 Å². The molecule has 3 rings (SSSR count). The first-order valence-electron chi connectivity index (χ1n) is 10.6. The lowest BCUT2D eigenvalue weighted by atomic mass is 9.97. The zero-order valence-corrected chi connectivity index (χ0v) is 17.8. The maximum Gasteiger partial charge on any atom is 0.224 e. The molecular formula is C18H32O16. The van der Waals surface area contributed by atoms with Gasteiger partial charge in [0.15, 0.2) is 12.6 Å². The van der Waals surface area contributed by atoms with Crippen LogP contribution in [0, 0.1) is 0 Å². The van der Waals surface area contributed by atoms with Gasteiger partial charge in [-0.15, -0.1) is 0 Å². The molecule has 3 fully saturated rings. The number of rotatable bonds is 8. The molecule has 0 amide bonds. The summed E-state index contributed by atoms with van der Waals surface area (Å²) in [7, 11) is 0. The van der Waals surface area contributed by atoms with Crippen molar-refractivity contribution in [2.75, 3.05) is 26.4 Å². The Balaban J connectivity index is 1.87. The monoisotopic (exact) mass is 504 g/mol. The van der Waals surface area contributed by atoms with Crippen molar-refractivity contribution in [2.45, 2.75) is 85.5 Å². The Hall–Kier alpha value is -0.640. The standard InChI is InChI=1S/C18H32O16/c19-1-5-8(23)11(26)13(28)16(30-5)32-14-12(27)9(24)6(2-20)31-17(14)34-18(4-22)15(29)10(25)7(3-21)33-18/h5-17,19-29H,1-4H2/t5-,6-,7-,8-,9-,10-,11+,12+,13-,14-,15+,16+,17+,18+/m1/s1. The van der Waals surface area contributed by atoms with Crippen molar-refractivity contribution in [2.24, 2.45) is 0 Å². The van der Waals surface area contributed by atoms with Gasteiger partial charge in [-0.25, -0.2) is 0 Å². The van der Waals surface area contributed by atoms with E-state index < -0.39 is 112 Å². The predicted molar refractivity (Wildman–Crippen MR) is 101 cm³/mol. The SMILES string of the molecule is OC[C@H]1O[C@@](CO)(O[C@@H]2O[C@H](CO)[C@@H](O)[C@H](O)[C@H]2O[C@@H]2O[C@H](CO)[C@@H](O)[C@H](O)[C@H]2O)[C@@H](O)[C@@H]1O. The van der Waals surface area contributed by atoms with Crippen molar-refractivity contribution in [3.8, 4) is 0 Å². The fraction of sp³-hybridized carbons (Fsp3) is 1.00. The molecule has 0 radical (unpaired) electrons. The smallest absolute Gasteiger partial charge is 0.224 e. The molecule has 3 saturated heterocycles. The summed E-state index contributed by atoms with van der Waals surface area (Å²) in [6.07, 6.45) is -22.4. The topological polar surface area (TPSA) is 269 Å². The van der Waals surface area contributed by atoms with Crippen molar-refractivity contribution in [1.29, 1.82) is 0 Å². The molecule has 3 aliphatic rings. The molecule has 0 unspecified atom stereocenters. The summed E-state index contributed by atoms with van der Waals surface area (Å²) < 4.78 is 26.9. The van der Waals surface area contributed by atoms with Crippen molar-refractivity contribution >= 4 is 0 Å². The molecule has 0 aromatic heterocycles. The Morgan fingerprint density at radius 3 is 1.62 bits per heavy atom. The van der Waals surface area contributed by atoms with Crippen LogP contribution in [0.4, 0.5) is 0 Å². The molecule has 0 spiro atoms. The normalized spacial score (nSPS) is 52.1. The van der Waals surface area contributed by atoms with E-state index in [4.69, 9.17) is 23.7 Å².